The summed E-state index contributed by atoms with van der Waals surface area (Å²) in [7, 11) is 16.7. The molecule has 0 fully saturated rings. The van der Waals surface area contributed by atoms with Crippen molar-refractivity contribution in [2.75, 3.05) is 168 Å². The Morgan fingerprint density at radius 2 is 0.714 bits per heavy atom. The van der Waals surface area contributed by atoms with E-state index in [2.05, 4.69) is 26.6 Å². The summed E-state index contributed by atoms with van der Waals surface area (Å²) in [5.74, 6) is -6.55. The lowest BCUT2D eigenvalue weighted by molar-refractivity contribution is -0.146. The lowest BCUT2D eigenvalue weighted by atomic mass is 10.1. The fourth-order valence-electron chi connectivity index (χ4n) is 6.68. The van der Waals surface area contributed by atoms with E-state index in [1.165, 1.54) is 82.3 Å². The second-order valence-electron chi connectivity index (χ2n) is 21.9. The predicted molar refractivity (Wildman–Crippen MR) is 319 cm³/mol. The minimum Gasteiger partial charge on any atom is -0.356 e. The molecular formula is C53H95N15O14S2. The Labute approximate surface area is 503 Å². The van der Waals surface area contributed by atoms with Gasteiger partial charge in [-0.2, -0.15) is 0 Å². The number of rotatable bonds is 38. The van der Waals surface area contributed by atoms with E-state index in [0.29, 0.717) is 31.8 Å². The first-order valence-corrected chi connectivity index (χ1v) is 29.8. The van der Waals surface area contributed by atoms with Crippen LogP contribution in [0.3, 0.4) is 0 Å². The standard InChI is InChI=1S/C53H95N15O14S2/c1-36(2)51(81)57-35-53(6,7)84-83-24-18-19-39(69)55-21-20-41(71)60(9)26-43(73)62(11)28-45(75)64(13)30-47(77)66(15)32-49(79)68(17)34-50(80)67(16)33-48(78)65(14)31-46(76)63(12)29-44(74)61(10)27-42(72)59(8)25-40(70)58-38(5)52(82)56-23-22-54-37(3)4/h36-38,54H,18-35H2,1-17H3,(H,55,69)(H,56,82)(H,57,81)(H,58,70)/t38-/m0/s1. The minimum atomic E-state index is -0.857. The molecule has 0 saturated carbocycles. The fourth-order valence-corrected chi connectivity index (χ4v) is 9.21. The Balaban J connectivity index is 4.78. The predicted octanol–water partition coefficient (Wildman–Crippen LogP) is -3.59. The van der Waals surface area contributed by atoms with Crippen molar-refractivity contribution in [2.45, 2.75) is 84.6 Å². The fraction of sp³-hybridized carbons (Fsp3) is 0.736. The van der Waals surface area contributed by atoms with E-state index in [1.54, 1.807) is 21.6 Å². The van der Waals surface area contributed by atoms with Gasteiger partial charge in [-0.3, -0.25) is 67.1 Å². The highest BCUT2D eigenvalue weighted by Crippen LogP contribution is 2.35. The van der Waals surface area contributed by atoms with Gasteiger partial charge in [-0.25, -0.2) is 0 Å². The number of hydrogen-bond donors (Lipinski definition) is 5. The van der Waals surface area contributed by atoms with Crippen molar-refractivity contribution >= 4 is 104 Å². The summed E-state index contributed by atoms with van der Waals surface area (Å²) in [6.07, 6.45) is 0.834. The van der Waals surface area contributed by atoms with Gasteiger partial charge in [0.1, 0.15) is 6.04 Å². The average Bonchev–Trinajstić information content (AvgIpc) is 3.42. The topological polar surface area (TPSA) is 332 Å². The SMILES string of the molecule is CC(C)NCCNC(=O)[C@H](C)NC(=O)CN(C)C(=O)CN(C)C(=O)CN(C)C(=O)CN(C)C(=O)CN(C)C(=O)CN(C)C(=O)CN(C)C(=O)CN(C)C(=O)CN(C)C(=O)CN(C)C(=O)CCNC(=O)CCCSSC(C)(C)CNC(=O)C(C)C. The van der Waals surface area contributed by atoms with E-state index >= 15 is 0 Å². The first-order valence-electron chi connectivity index (χ1n) is 27.4. The maximum Gasteiger partial charge on any atom is 0.242 e. The molecule has 0 spiro atoms. The van der Waals surface area contributed by atoms with Crippen LogP contribution in [0.25, 0.3) is 0 Å². The van der Waals surface area contributed by atoms with Crippen LogP contribution in [-0.2, 0) is 67.1 Å². The number of nitrogens with zero attached hydrogens (tertiary/aromatic N) is 10. The molecule has 5 N–H and O–H groups in total. The monoisotopic (exact) mass is 1230 g/mol. The van der Waals surface area contributed by atoms with Crippen LogP contribution in [-0.4, -0.2) is 316 Å². The van der Waals surface area contributed by atoms with Crippen LogP contribution in [0, 0.1) is 5.92 Å². The van der Waals surface area contributed by atoms with Gasteiger partial charge in [0, 0.05) is 132 Å². The smallest absolute Gasteiger partial charge is 0.242 e. The molecule has 14 amide bonds. The Kier molecular flexibility index (Phi) is 35.8. The number of nitrogens with one attached hydrogen (secondary N) is 5. The van der Waals surface area contributed by atoms with Crippen LogP contribution in [0.4, 0.5) is 0 Å². The Bertz CT molecular complexity index is 2290. The highest BCUT2D eigenvalue weighted by atomic mass is 33.1. The minimum absolute atomic E-state index is 0.00443. The second kappa shape index (κ2) is 39.0. The number of carbonyl (C=O) groups is 14. The molecule has 478 valence electrons. The molecule has 0 aliphatic carbocycles. The molecule has 0 unspecified atom stereocenters. The highest BCUT2D eigenvalue weighted by Gasteiger charge is 2.28. The third-order valence-electron chi connectivity index (χ3n) is 12.5. The van der Waals surface area contributed by atoms with Gasteiger partial charge in [-0.1, -0.05) is 49.3 Å². The lowest BCUT2D eigenvalue weighted by Gasteiger charge is -2.27. The zero-order chi connectivity index (χ0) is 64.8. The summed E-state index contributed by atoms with van der Waals surface area (Å²) in [6.45, 7) is 10.3. The molecule has 29 nitrogen and oxygen atoms in total. The van der Waals surface area contributed by atoms with Crippen molar-refractivity contribution in [3.8, 4) is 0 Å². The number of carbonyl (C=O) groups excluding carboxylic acids is 14. The van der Waals surface area contributed by atoms with Gasteiger partial charge in [-0.15, -0.1) is 0 Å². The summed E-state index contributed by atoms with van der Waals surface area (Å²) in [4.78, 5) is 189. The van der Waals surface area contributed by atoms with Gasteiger partial charge in [0.15, 0.2) is 0 Å². The van der Waals surface area contributed by atoms with Gasteiger partial charge < -0.3 is 75.6 Å². The Hall–Kier alpha value is -6.76. The summed E-state index contributed by atoms with van der Waals surface area (Å²) < 4.78 is -0.187. The van der Waals surface area contributed by atoms with E-state index in [-0.39, 0.29) is 61.0 Å². The summed E-state index contributed by atoms with van der Waals surface area (Å²) in [6, 6.07) is -0.610. The van der Waals surface area contributed by atoms with E-state index in [0.717, 1.165) is 44.1 Å². The van der Waals surface area contributed by atoms with Crippen LogP contribution < -0.4 is 26.6 Å². The summed E-state index contributed by atoms with van der Waals surface area (Å²) >= 11 is 0. The molecule has 0 bridgehead atoms. The van der Waals surface area contributed by atoms with Crippen molar-refractivity contribution in [2.24, 2.45) is 5.92 Å². The van der Waals surface area contributed by atoms with Crippen molar-refractivity contribution in [1.82, 2.24) is 75.6 Å². The lowest BCUT2D eigenvalue weighted by Crippen LogP contribution is -2.50. The zero-order valence-electron chi connectivity index (χ0n) is 52.5. The van der Waals surface area contributed by atoms with Crippen molar-refractivity contribution < 1.29 is 67.1 Å². The zero-order valence-corrected chi connectivity index (χ0v) is 54.1. The molecule has 0 aliphatic rings. The van der Waals surface area contributed by atoms with Crippen LogP contribution in [0.1, 0.15) is 67.7 Å². The van der Waals surface area contributed by atoms with Crippen LogP contribution >= 0.6 is 21.6 Å². The summed E-state index contributed by atoms with van der Waals surface area (Å²) in [5, 5.41) is 14.0. The second-order valence-corrected chi connectivity index (χ2v) is 25.1. The molecule has 1 atom stereocenters. The van der Waals surface area contributed by atoms with Gasteiger partial charge in [0.05, 0.1) is 65.4 Å². The van der Waals surface area contributed by atoms with E-state index in [4.69, 9.17) is 0 Å². The molecule has 0 aliphatic heterocycles. The van der Waals surface area contributed by atoms with Crippen molar-refractivity contribution in [1.29, 1.82) is 0 Å². The molecule has 0 rings (SSSR count). The molecule has 0 heterocycles. The Morgan fingerprint density at radius 3 is 1.05 bits per heavy atom. The maximum absolute atomic E-state index is 13.0. The molecule has 0 aromatic rings. The molecular weight excluding hydrogens is 1130 g/mol. The van der Waals surface area contributed by atoms with E-state index in [9.17, 15) is 67.1 Å². The third-order valence-corrected chi connectivity index (χ3v) is 15.9. The average molecular weight is 1230 g/mol. The molecule has 84 heavy (non-hydrogen) atoms. The van der Waals surface area contributed by atoms with Crippen LogP contribution in [0.2, 0.25) is 0 Å². The highest BCUT2D eigenvalue weighted by molar-refractivity contribution is 8.77. The molecule has 0 saturated heterocycles. The first kappa shape index (κ1) is 77.2. The van der Waals surface area contributed by atoms with E-state index < -0.39 is 129 Å². The number of likely N-dealkylation sites (N-methyl/N-ethyl adjacent to an activating group) is 10. The molecule has 0 aromatic heterocycles. The quantitative estimate of drug-likeness (QED) is 0.0295. The van der Waals surface area contributed by atoms with Crippen LogP contribution in [0.15, 0.2) is 0 Å². The maximum atomic E-state index is 13.0. The largest absolute Gasteiger partial charge is 0.356 e. The van der Waals surface area contributed by atoms with Crippen LogP contribution in [0.5, 0.6) is 0 Å². The van der Waals surface area contributed by atoms with Gasteiger partial charge in [0.2, 0.25) is 82.7 Å². The van der Waals surface area contributed by atoms with Gasteiger partial charge in [0.25, 0.3) is 0 Å². The van der Waals surface area contributed by atoms with E-state index in [1.807, 2.05) is 41.5 Å². The van der Waals surface area contributed by atoms with Gasteiger partial charge in [-0.05, 0) is 27.2 Å². The van der Waals surface area contributed by atoms with Crippen molar-refractivity contribution in [3.63, 3.8) is 0 Å². The van der Waals surface area contributed by atoms with Crippen molar-refractivity contribution in [3.05, 3.63) is 0 Å². The van der Waals surface area contributed by atoms with Gasteiger partial charge >= 0.3 is 0 Å². The normalized spacial score (nSPS) is 11.3. The number of amides is 14. The Morgan fingerprint density at radius 1 is 0.381 bits per heavy atom. The molecule has 31 heteroatoms. The third kappa shape index (κ3) is 32.3. The summed E-state index contributed by atoms with van der Waals surface area (Å²) in [5.41, 5.74) is 0. The number of hydrogen-bond acceptors (Lipinski definition) is 17. The molecule has 0 aromatic carbocycles. The first-order chi connectivity index (χ1) is 38.9. The molecule has 0 radical (unpaired) electrons.